The topological polar surface area (TPSA) is 41.5 Å². The highest BCUT2D eigenvalue weighted by atomic mass is 19.4. The number of ether oxygens (including phenoxy) is 1. The van der Waals surface area contributed by atoms with Gasteiger partial charge in [0.25, 0.3) is 0 Å². The summed E-state index contributed by atoms with van der Waals surface area (Å²) in [6, 6.07) is 8.12. The van der Waals surface area contributed by atoms with Crippen molar-refractivity contribution < 1.29 is 23.0 Å². The van der Waals surface area contributed by atoms with Crippen molar-refractivity contribution in [3.05, 3.63) is 35.9 Å². The number of hydrogen-bond donors (Lipinski definition) is 2. The molecule has 1 saturated heterocycles. The molecule has 1 aromatic carbocycles. The molecule has 0 amide bonds. The molecule has 0 aromatic heterocycles. The maximum Gasteiger partial charge on any atom is 0.433 e. The molecule has 1 unspecified atom stereocenters. The van der Waals surface area contributed by atoms with Gasteiger partial charge < -0.3 is 9.84 Å². The number of benzene rings is 1. The van der Waals surface area contributed by atoms with E-state index in [-0.39, 0.29) is 6.61 Å². The van der Waals surface area contributed by atoms with Crippen LogP contribution in [0.5, 0.6) is 0 Å². The van der Waals surface area contributed by atoms with Gasteiger partial charge in [0.05, 0.1) is 19.3 Å². The van der Waals surface area contributed by atoms with Crippen LogP contribution in [0.1, 0.15) is 11.6 Å². The molecule has 17 heavy (non-hydrogen) atoms. The van der Waals surface area contributed by atoms with Crippen LogP contribution in [0.2, 0.25) is 0 Å². The maximum atomic E-state index is 12.8. The van der Waals surface area contributed by atoms with E-state index in [0.717, 1.165) is 0 Å². The molecule has 3 nitrogen and oxygen atoms in total. The minimum atomic E-state index is -4.65. The van der Waals surface area contributed by atoms with Crippen LogP contribution in [0.25, 0.3) is 0 Å². The fourth-order valence-electron chi connectivity index (χ4n) is 1.80. The predicted octanol–water partition coefficient (Wildman–Crippen LogP) is 1.60. The van der Waals surface area contributed by atoms with Crippen molar-refractivity contribution in [2.24, 2.45) is 0 Å². The lowest BCUT2D eigenvalue weighted by Gasteiger charge is -2.29. The molecule has 2 rings (SSSR count). The highest BCUT2D eigenvalue weighted by molar-refractivity contribution is 5.20. The summed E-state index contributed by atoms with van der Waals surface area (Å²) in [6.45, 7) is -1.26. The Morgan fingerprint density at radius 1 is 1.35 bits per heavy atom. The van der Waals surface area contributed by atoms with E-state index < -0.39 is 24.6 Å². The van der Waals surface area contributed by atoms with E-state index in [4.69, 9.17) is 9.84 Å². The van der Waals surface area contributed by atoms with Crippen LogP contribution in [0.15, 0.2) is 30.3 Å². The van der Waals surface area contributed by atoms with Crippen molar-refractivity contribution in [3.63, 3.8) is 0 Å². The Labute approximate surface area is 96.2 Å². The fraction of sp³-hybridized carbons (Fsp3) is 0.455. The lowest BCUT2D eigenvalue weighted by atomic mass is 10.1. The summed E-state index contributed by atoms with van der Waals surface area (Å²) < 4.78 is 43.0. The Morgan fingerprint density at radius 3 is 2.47 bits per heavy atom. The highest BCUT2D eigenvalue weighted by Crippen LogP contribution is 2.38. The number of nitrogens with one attached hydrogen (secondary N) is 1. The van der Waals surface area contributed by atoms with E-state index in [0.29, 0.717) is 5.56 Å². The van der Waals surface area contributed by atoms with Crippen molar-refractivity contribution >= 4 is 0 Å². The van der Waals surface area contributed by atoms with Gasteiger partial charge in [0.2, 0.25) is 5.72 Å². The van der Waals surface area contributed by atoms with Crippen LogP contribution in [-0.4, -0.2) is 30.2 Å². The van der Waals surface area contributed by atoms with Crippen LogP contribution in [0.3, 0.4) is 0 Å². The quantitative estimate of drug-likeness (QED) is 0.834. The SMILES string of the molecule is OCC1(C(F)(F)F)N[C@H](c2ccccc2)CO1. The zero-order valence-electron chi connectivity index (χ0n) is 8.87. The van der Waals surface area contributed by atoms with Gasteiger partial charge in [0.15, 0.2) is 0 Å². The smallest absolute Gasteiger partial charge is 0.392 e. The predicted molar refractivity (Wildman–Crippen MR) is 54.1 cm³/mol. The average molecular weight is 247 g/mol. The first-order chi connectivity index (χ1) is 7.98. The van der Waals surface area contributed by atoms with Crippen molar-refractivity contribution in [2.75, 3.05) is 13.2 Å². The molecule has 6 heteroatoms. The third-order valence-electron chi connectivity index (χ3n) is 2.79. The van der Waals surface area contributed by atoms with E-state index in [1.54, 1.807) is 30.3 Å². The number of rotatable bonds is 2. The van der Waals surface area contributed by atoms with Crippen LogP contribution in [0.4, 0.5) is 13.2 Å². The molecule has 1 aliphatic rings. The Bertz CT molecular complexity index is 382. The van der Waals surface area contributed by atoms with Gasteiger partial charge in [-0.15, -0.1) is 0 Å². The summed E-state index contributed by atoms with van der Waals surface area (Å²) in [6.07, 6.45) is -4.65. The molecule has 1 aliphatic heterocycles. The summed E-state index contributed by atoms with van der Waals surface area (Å²) in [7, 11) is 0. The summed E-state index contributed by atoms with van der Waals surface area (Å²) in [5.74, 6) is 0. The standard InChI is InChI=1S/C11H12F3NO2/c12-11(13,14)10(7-16)15-9(6-17-10)8-4-2-1-3-5-8/h1-5,9,15-16H,6-7H2/t9-,10?/m0/s1. The first-order valence-electron chi connectivity index (χ1n) is 5.13. The zero-order chi connectivity index (χ0) is 12.5. The molecule has 0 radical (unpaired) electrons. The molecule has 1 aromatic rings. The molecular formula is C11H12F3NO2. The van der Waals surface area contributed by atoms with E-state index >= 15 is 0 Å². The molecule has 94 valence electrons. The molecule has 1 heterocycles. The third-order valence-corrected chi connectivity index (χ3v) is 2.79. The first-order valence-corrected chi connectivity index (χ1v) is 5.13. The normalized spacial score (nSPS) is 29.5. The molecule has 0 bridgehead atoms. The average Bonchev–Trinajstić information content (AvgIpc) is 2.75. The first kappa shape index (κ1) is 12.3. The Balaban J connectivity index is 2.19. The molecule has 2 atom stereocenters. The second-order valence-corrected chi connectivity index (χ2v) is 3.90. The second kappa shape index (κ2) is 4.29. The number of alkyl halides is 3. The zero-order valence-corrected chi connectivity index (χ0v) is 8.87. The number of hydrogen-bond acceptors (Lipinski definition) is 3. The number of halogens is 3. The summed E-state index contributed by atoms with van der Waals surface area (Å²) in [5, 5.41) is 11.2. The van der Waals surface area contributed by atoms with E-state index in [2.05, 4.69) is 5.32 Å². The fourth-order valence-corrected chi connectivity index (χ4v) is 1.80. The van der Waals surface area contributed by atoms with Crippen LogP contribution < -0.4 is 5.32 Å². The molecule has 0 saturated carbocycles. The van der Waals surface area contributed by atoms with Crippen LogP contribution in [-0.2, 0) is 4.74 Å². The van der Waals surface area contributed by atoms with Gasteiger partial charge in [-0.3, -0.25) is 5.32 Å². The number of aliphatic hydroxyl groups excluding tert-OH is 1. The van der Waals surface area contributed by atoms with Gasteiger partial charge >= 0.3 is 6.18 Å². The van der Waals surface area contributed by atoms with Gasteiger partial charge in [-0.25, -0.2) is 0 Å². The van der Waals surface area contributed by atoms with Crippen molar-refractivity contribution in [1.82, 2.24) is 5.32 Å². The highest BCUT2D eigenvalue weighted by Gasteiger charge is 2.60. The van der Waals surface area contributed by atoms with Gasteiger partial charge in [0, 0.05) is 0 Å². The van der Waals surface area contributed by atoms with Crippen LogP contribution in [0, 0.1) is 0 Å². The minimum Gasteiger partial charge on any atom is -0.392 e. The lowest BCUT2D eigenvalue weighted by Crippen LogP contribution is -2.57. The van der Waals surface area contributed by atoms with Gasteiger partial charge in [0.1, 0.15) is 0 Å². The van der Waals surface area contributed by atoms with Crippen molar-refractivity contribution in [2.45, 2.75) is 17.9 Å². The minimum absolute atomic E-state index is 0.121. The summed E-state index contributed by atoms with van der Waals surface area (Å²) in [4.78, 5) is 0. The largest absolute Gasteiger partial charge is 0.433 e. The monoisotopic (exact) mass is 247 g/mol. The second-order valence-electron chi connectivity index (χ2n) is 3.90. The van der Waals surface area contributed by atoms with Gasteiger partial charge in [-0.2, -0.15) is 13.2 Å². The van der Waals surface area contributed by atoms with Crippen LogP contribution >= 0.6 is 0 Å². The Hall–Kier alpha value is -1.11. The van der Waals surface area contributed by atoms with E-state index in [1.165, 1.54) is 0 Å². The molecule has 0 spiro atoms. The molecular weight excluding hydrogens is 235 g/mol. The number of aliphatic hydroxyl groups is 1. The molecule has 0 aliphatic carbocycles. The Morgan fingerprint density at radius 2 is 2.00 bits per heavy atom. The van der Waals surface area contributed by atoms with Crippen molar-refractivity contribution in [3.8, 4) is 0 Å². The Kier molecular flexibility index (Phi) is 3.11. The third kappa shape index (κ3) is 2.15. The summed E-state index contributed by atoms with van der Waals surface area (Å²) >= 11 is 0. The van der Waals surface area contributed by atoms with Gasteiger partial charge in [-0.1, -0.05) is 30.3 Å². The maximum absolute atomic E-state index is 12.8. The van der Waals surface area contributed by atoms with Gasteiger partial charge in [-0.05, 0) is 5.56 Å². The van der Waals surface area contributed by atoms with Crippen molar-refractivity contribution in [1.29, 1.82) is 0 Å². The van der Waals surface area contributed by atoms with E-state index in [9.17, 15) is 13.2 Å². The lowest BCUT2D eigenvalue weighted by molar-refractivity contribution is -0.281. The van der Waals surface area contributed by atoms with E-state index in [1.807, 2.05) is 0 Å². The molecule has 1 fully saturated rings. The summed E-state index contributed by atoms with van der Waals surface area (Å²) in [5.41, 5.74) is -1.94. The molecule has 2 N–H and O–H groups in total.